The summed E-state index contributed by atoms with van der Waals surface area (Å²) < 4.78 is 5.11. The Balaban J connectivity index is 1.84. The maximum atomic E-state index is 11.3. The zero-order valence-electron chi connectivity index (χ0n) is 9.12. The molecule has 1 aromatic heterocycles. The van der Waals surface area contributed by atoms with Gasteiger partial charge in [0, 0.05) is 12.0 Å². The summed E-state index contributed by atoms with van der Waals surface area (Å²) in [6, 6.07) is 1.90. The molecule has 1 aromatic rings. The van der Waals surface area contributed by atoms with E-state index in [0.29, 0.717) is 12.5 Å². The van der Waals surface area contributed by atoms with Crippen LogP contribution in [0.1, 0.15) is 44.1 Å². The molecule has 0 spiro atoms. The number of nitrogens with one attached hydrogen (secondary N) is 1. The summed E-state index contributed by atoms with van der Waals surface area (Å²) in [6.45, 7) is 4.57. The van der Waals surface area contributed by atoms with E-state index in [4.69, 9.17) is 4.52 Å². The second-order valence-corrected chi connectivity index (χ2v) is 4.36. The van der Waals surface area contributed by atoms with E-state index in [9.17, 15) is 4.79 Å². The van der Waals surface area contributed by atoms with Gasteiger partial charge in [-0.1, -0.05) is 19.0 Å². The first kappa shape index (κ1) is 10.2. The van der Waals surface area contributed by atoms with Crippen molar-refractivity contribution in [1.82, 2.24) is 10.5 Å². The Bertz CT molecular complexity index is 353. The third-order valence-corrected chi connectivity index (χ3v) is 2.55. The maximum absolute atomic E-state index is 11.3. The molecule has 4 heteroatoms. The molecule has 0 aliphatic heterocycles. The van der Waals surface area contributed by atoms with E-state index >= 15 is 0 Å². The molecular weight excluding hydrogens is 192 g/mol. The van der Waals surface area contributed by atoms with Crippen LogP contribution in [-0.4, -0.2) is 11.1 Å². The van der Waals surface area contributed by atoms with Crippen LogP contribution in [-0.2, 0) is 11.3 Å². The number of nitrogens with zero attached hydrogens (tertiary/aromatic N) is 1. The fourth-order valence-corrected chi connectivity index (χ4v) is 1.35. The van der Waals surface area contributed by atoms with Gasteiger partial charge in [-0.05, 0) is 18.8 Å². The molecule has 0 aromatic carbocycles. The third-order valence-electron chi connectivity index (χ3n) is 2.55. The highest BCUT2D eigenvalue weighted by atomic mass is 16.5. The van der Waals surface area contributed by atoms with Crippen molar-refractivity contribution in [1.29, 1.82) is 0 Å². The Morgan fingerprint density at radius 3 is 2.93 bits per heavy atom. The Morgan fingerprint density at radius 2 is 2.40 bits per heavy atom. The van der Waals surface area contributed by atoms with Crippen molar-refractivity contribution in [2.24, 2.45) is 5.92 Å². The van der Waals surface area contributed by atoms with Crippen LogP contribution in [0.4, 0.5) is 0 Å². The van der Waals surface area contributed by atoms with Crippen molar-refractivity contribution in [2.75, 3.05) is 0 Å². The topological polar surface area (TPSA) is 55.1 Å². The Kier molecular flexibility index (Phi) is 2.75. The van der Waals surface area contributed by atoms with Crippen LogP contribution in [0.15, 0.2) is 10.6 Å². The first-order chi connectivity index (χ1) is 7.16. The highest BCUT2D eigenvalue weighted by Gasteiger charge is 2.29. The molecule has 1 fully saturated rings. The first-order valence-corrected chi connectivity index (χ1v) is 5.40. The molecule has 1 aliphatic carbocycles. The number of hydrogen-bond acceptors (Lipinski definition) is 3. The lowest BCUT2D eigenvalue weighted by molar-refractivity contribution is -0.122. The van der Waals surface area contributed by atoms with Crippen LogP contribution in [0.5, 0.6) is 0 Å². The predicted molar refractivity (Wildman–Crippen MR) is 55.2 cm³/mol. The van der Waals surface area contributed by atoms with E-state index in [1.54, 1.807) is 0 Å². The summed E-state index contributed by atoms with van der Waals surface area (Å²) in [5.41, 5.74) is 0.936. The van der Waals surface area contributed by atoms with Crippen molar-refractivity contribution < 1.29 is 9.32 Å². The van der Waals surface area contributed by atoms with Crippen molar-refractivity contribution in [2.45, 2.75) is 39.2 Å². The van der Waals surface area contributed by atoms with Gasteiger partial charge >= 0.3 is 0 Å². The molecule has 1 saturated carbocycles. The van der Waals surface area contributed by atoms with Gasteiger partial charge in [-0.15, -0.1) is 0 Å². The third kappa shape index (κ3) is 2.58. The number of rotatable bonds is 4. The second kappa shape index (κ2) is 4.04. The average Bonchev–Trinajstić information content (AvgIpc) is 2.93. The van der Waals surface area contributed by atoms with Crippen molar-refractivity contribution >= 4 is 5.91 Å². The van der Waals surface area contributed by atoms with Crippen LogP contribution in [0.2, 0.25) is 0 Å². The number of carbonyl (C=O) groups is 1. The molecule has 0 bridgehead atoms. The Labute approximate surface area is 89.0 Å². The molecule has 0 saturated heterocycles. The molecule has 1 N–H and O–H groups in total. The summed E-state index contributed by atoms with van der Waals surface area (Å²) in [7, 11) is 0. The number of aromatic nitrogens is 1. The van der Waals surface area contributed by atoms with E-state index in [2.05, 4.69) is 24.3 Å². The van der Waals surface area contributed by atoms with Crippen LogP contribution in [0.25, 0.3) is 0 Å². The van der Waals surface area contributed by atoms with Crippen molar-refractivity contribution in [3.05, 3.63) is 17.5 Å². The van der Waals surface area contributed by atoms with Crippen LogP contribution < -0.4 is 5.32 Å². The molecule has 0 radical (unpaired) electrons. The number of amides is 1. The molecule has 82 valence electrons. The molecule has 15 heavy (non-hydrogen) atoms. The van der Waals surface area contributed by atoms with Gasteiger partial charge in [-0.2, -0.15) is 0 Å². The summed E-state index contributed by atoms with van der Waals surface area (Å²) in [6.07, 6.45) is 2.05. The number of hydrogen-bond donors (Lipinski definition) is 1. The molecule has 2 rings (SSSR count). The molecule has 4 nitrogen and oxygen atoms in total. The second-order valence-electron chi connectivity index (χ2n) is 4.36. The Morgan fingerprint density at radius 1 is 1.67 bits per heavy atom. The van der Waals surface area contributed by atoms with Crippen LogP contribution >= 0.6 is 0 Å². The molecule has 0 unspecified atom stereocenters. The lowest BCUT2D eigenvalue weighted by atomic mass is 10.1. The van der Waals surface area contributed by atoms with Gasteiger partial charge in [0.15, 0.2) is 5.76 Å². The average molecular weight is 208 g/mol. The highest BCUT2D eigenvalue weighted by molar-refractivity contribution is 5.80. The molecule has 1 amide bonds. The zero-order valence-corrected chi connectivity index (χ0v) is 9.12. The molecule has 0 atom stereocenters. The fraction of sp³-hybridized carbons (Fsp3) is 0.636. The quantitative estimate of drug-likeness (QED) is 0.821. The van der Waals surface area contributed by atoms with Crippen LogP contribution in [0, 0.1) is 5.92 Å². The van der Waals surface area contributed by atoms with Crippen LogP contribution in [0.3, 0.4) is 0 Å². The van der Waals surface area contributed by atoms with E-state index in [1.807, 2.05) is 6.07 Å². The smallest absolute Gasteiger partial charge is 0.223 e. The summed E-state index contributed by atoms with van der Waals surface area (Å²) in [5, 5.41) is 6.77. The van der Waals surface area contributed by atoms with Gasteiger partial charge in [0.05, 0.1) is 12.2 Å². The van der Waals surface area contributed by atoms with Gasteiger partial charge in [-0.3, -0.25) is 4.79 Å². The minimum Gasteiger partial charge on any atom is -0.359 e. The first-order valence-electron chi connectivity index (χ1n) is 5.40. The summed E-state index contributed by atoms with van der Waals surface area (Å²) in [5.74, 6) is 1.48. The lowest BCUT2D eigenvalue weighted by Crippen LogP contribution is -2.23. The van der Waals surface area contributed by atoms with E-state index in [0.717, 1.165) is 24.3 Å². The van der Waals surface area contributed by atoms with Gasteiger partial charge in [0.2, 0.25) is 5.91 Å². The van der Waals surface area contributed by atoms with Gasteiger partial charge < -0.3 is 9.84 Å². The number of carbonyl (C=O) groups excluding carboxylic acids is 1. The van der Waals surface area contributed by atoms with Crippen molar-refractivity contribution in [3.63, 3.8) is 0 Å². The van der Waals surface area contributed by atoms with Gasteiger partial charge in [0.1, 0.15) is 0 Å². The summed E-state index contributed by atoms with van der Waals surface area (Å²) >= 11 is 0. The molecular formula is C11H16N2O2. The SMILES string of the molecule is CC(C)c1cc(CNC(=O)C2CC2)on1. The van der Waals surface area contributed by atoms with E-state index in [-0.39, 0.29) is 11.8 Å². The van der Waals surface area contributed by atoms with E-state index < -0.39 is 0 Å². The monoisotopic (exact) mass is 208 g/mol. The zero-order chi connectivity index (χ0) is 10.8. The standard InChI is InChI=1S/C11H16N2O2/c1-7(2)10-5-9(15-13-10)6-12-11(14)8-3-4-8/h5,7-8H,3-4,6H2,1-2H3,(H,12,14). The summed E-state index contributed by atoms with van der Waals surface area (Å²) in [4.78, 5) is 11.3. The Hall–Kier alpha value is -1.32. The normalized spacial score (nSPS) is 15.7. The fourth-order valence-electron chi connectivity index (χ4n) is 1.35. The minimum atomic E-state index is 0.137. The van der Waals surface area contributed by atoms with Crippen molar-refractivity contribution in [3.8, 4) is 0 Å². The van der Waals surface area contributed by atoms with Gasteiger partial charge in [-0.25, -0.2) is 0 Å². The predicted octanol–water partition coefficient (Wildman–Crippen LogP) is 1.82. The molecule has 1 aliphatic rings. The van der Waals surface area contributed by atoms with Gasteiger partial charge in [0.25, 0.3) is 0 Å². The highest BCUT2D eigenvalue weighted by Crippen LogP contribution is 2.28. The van der Waals surface area contributed by atoms with E-state index in [1.165, 1.54) is 0 Å². The minimum absolute atomic E-state index is 0.137. The largest absolute Gasteiger partial charge is 0.359 e. The lowest BCUT2D eigenvalue weighted by Gasteiger charge is -1.99. The maximum Gasteiger partial charge on any atom is 0.223 e. The molecule has 1 heterocycles.